The molecule has 0 fully saturated rings. The lowest BCUT2D eigenvalue weighted by Gasteiger charge is -2.10. The summed E-state index contributed by atoms with van der Waals surface area (Å²) in [5, 5.41) is 6.37. The third-order valence-electron chi connectivity index (χ3n) is 4.03. The van der Waals surface area contributed by atoms with Crippen molar-refractivity contribution in [2.75, 3.05) is 17.2 Å². The fourth-order valence-electron chi connectivity index (χ4n) is 2.58. The number of halogens is 2. The van der Waals surface area contributed by atoms with Crippen molar-refractivity contribution in [3.8, 4) is 5.75 Å². The highest BCUT2D eigenvalue weighted by molar-refractivity contribution is 6.35. The first-order chi connectivity index (χ1) is 13.9. The standard InChI is InChI=1S/C22H18Cl2N2O3/c1-14-4-2-3-5-20(14)26-22(28)15-6-8-19(9-7-15)29-13-21(27)25-18-11-16(23)10-17(24)12-18/h2-12H,13H2,1H3,(H,25,27)(H,26,28). The van der Waals surface area contributed by atoms with Crippen molar-refractivity contribution >= 4 is 46.4 Å². The minimum atomic E-state index is -0.357. The van der Waals surface area contributed by atoms with Gasteiger partial charge in [0.25, 0.3) is 11.8 Å². The molecule has 0 radical (unpaired) electrons. The summed E-state index contributed by atoms with van der Waals surface area (Å²) in [6.07, 6.45) is 0. The number of aryl methyl sites for hydroxylation is 1. The van der Waals surface area contributed by atoms with Gasteiger partial charge < -0.3 is 15.4 Å². The lowest BCUT2D eigenvalue weighted by Crippen LogP contribution is -2.20. The normalized spacial score (nSPS) is 10.3. The maximum Gasteiger partial charge on any atom is 0.262 e. The number of carbonyl (C=O) groups is 2. The van der Waals surface area contributed by atoms with Crippen molar-refractivity contribution in [3.05, 3.63) is 87.9 Å². The Morgan fingerprint density at radius 3 is 2.21 bits per heavy atom. The molecular formula is C22H18Cl2N2O3. The van der Waals surface area contributed by atoms with Crippen LogP contribution in [-0.4, -0.2) is 18.4 Å². The summed E-state index contributed by atoms with van der Waals surface area (Å²) >= 11 is 11.8. The second-order valence-corrected chi connectivity index (χ2v) is 7.16. The van der Waals surface area contributed by atoms with E-state index in [-0.39, 0.29) is 18.4 Å². The fraction of sp³-hybridized carbons (Fsp3) is 0.0909. The van der Waals surface area contributed by atoms with E-state index in [0.29, 0.717) is 27.0 Å². The molecule has 148 valence electrons. The van der Waals surface area contributed by atoms with Crippen LogP contribution in [0.3, 0.4) is 0 Å². The Hall–Kier alpha value is -3.02. The molecule has 0 atom stereocenters. The highest BCUT2D eigenvalue weighted by Crippen LogP contribution is 2.22. The molecule has 3 aromatic rings. The van der Waals surface area contributed by atoms with Crippen LogP contribution in [0.2, 0.25) is 10.0 Å². The minimum Gasteiger partial charge on any atom is -0.484 e. The summed E-state index contributed by atoms with van der Waals surface area (Å²) in [5.41, 5.74) is 2.71. The van der Waals surface area contributed by atoms with Crippen molar-refractivity contribution in [3.63, 3.8) is 0 Å². The van der Waals surface area contributed by atoms with Gasteiger partial charge in [-0.15, -0.1) is 0 Å². The molecule has 0 spiro atoms. The SMILES string of the molecule is Cc1ccccc1NC(=O)c1ccc(OCC(=O)Nc2cc(Cl)cc(Cl)c2)cc1. The van der Waals surface area contributed by atoms with Crippen LogP contribution >= 0.6 is 23.2 Å². The molecule has 0 heterocycles. The number of benzene rings is 3. The summed E-state index contributed by atoms with van der Waals surface area (Å²) in [7, 11) is 0. The number of ether oxygens (including phenoxy) is 1. The maximum absolute atomic E-state index is 12.4. The Bertz CT molecular complexity index is 1020. The zero-order chi connectivity index (χ0) is 20.8. The van der Waals surface area contributed by atoms with Gasteiger partial charge in [0, 0.05) is 27.0 Å². The van der Waals surface area contributed by atoms with Crippen LogP contribution in [0.25, 0.3) is 0 Å². The third kappa shape index (κ3) is 5.98. The fourth-order valence-corrected chi connectivity index (χ4v) is 3.11. The third-order valence-corrected chi connectivity index (χ3v) is 4.46. The van der Waals surface area contributed by atoms with Crippen LogP contribution in [0.5, 0.6) is 5.75 Å². The lowest BCUT2D eigenvalue weighted by molar-refractivity contribution is -0.118. The molecule has 7 heteroatoms. The van der Waals surface area contributed by atoms with E-state index in [9.17, 15) is 9.59 Å². The molecule has 5 nitrogen and oxygen atoms in total. The zero-order valence-electron chi connectivity index (χ0n) is 15.5. The average molecular weight is 429 g/mol. The van der Waals surface area contributed by atoms with Gasteiger partial charge in [-0.05, 0) is 61.0 Å². The first-order valence-electron chi connectivity index (χ1n) is 8.76. The molecule has 3 aromatic carbocycles. The predicted octanol–water partition coefficient (Wildman–Crippen LogP) is 5.57. The predicted molar refractivity (Wildman–Crippen MR) is 116 cm³/mol. The van der Waals surface area contributed by atoms with Crippen molar-refractivity contribution < 1.29 is 14.3 Å². The van der Waals surface area contributed by atoms with Crippen LogP contribution in [0.4, 0.5) is 11.4 Å². The van der Waals surface area contributed by atoms with Gasteiger partial charge in [-0.25, -0.2) is 0 Å². The Morgan fingerprint density at radius 1 is 0.897 bits per heavy atom. The largest absolute Gasteiger partial charge is 0.484 e. The van der Waals surface area contributed by atoms with E-state index >= 15 is 0 Å². The first-order valence-corrected chi connectivity index (χ1v) is 9.52. The lowest BCUT2D eigenvalue weighted by atomic mass is 10.1. The number of nitrogens with one attached hydrogen (secondary N) is 2. The van der Waals surface area contributed by atoms with Crippen molar-refractivity contribution in [2.24, 2.45) is 0 Å². The van der Waals surface area contributed by atoms with Crippen LogP contribution in [0, 0.1) is 6.92 Å². The molecule has 0 aliphatic rings. The van der Waals surface area contributed by atoms with Gasteiger partial charge in [-0.2, -0.15) is 0 Å². The van der Waals surface area contributed by atoms with E-state index in [2.05, 4.69) is 10.6 Å². The van der Waals surface area contributed by atoms with E-state index in [4.69, 9.17) is 27.9 Å². The molecule has 2 N–H and O–H groups in total. The number of amides is 2. The van der Waals surface area contributed by atoms with E-state index < -0.39 is 0 Å². The Morgan fingerprint density at radius 2 is 1.55 bits per heavy atom. The molecule has 0 saturated heterocycles. The van der Waals surface area contributed by atoms with Crippen molar-refractivity contribution in [1.82, 2.24) is 0 Å². The minimum absolute atomic E-state index is 0.196. The number of hydrogen-bond acceptors (Lipinski definition) is 3. The molecule has 0 aliphatic heterocycles. The molecule has 3 rings (SSSR count). The van der Waals surface area contributed by atoms with Crippen LogP contribution in [0.1, 0.15) is 15.9 Å². The first kappa shape index (κ1) is 20.7. The van der Waals surface area contributed by atoms with Crippen LogP contribution < -0.4 is 15.4 Å². The average Bonchev–Trinajstić information content (AvgIpc) is 2.68. The van der Waals surface area contributed by atoms with E-state index in [1.807, 2.05) is 31.2 Å². The molecular weight excluding hydrogens is 411 g/mol. The quantitative estimate of drug-likeness (QED) is 0.538. The summed E-state index contributed by atoms with van der Waals surface area (Å²) in [5.74, 6) is -0.108. The Labute approximate surface area is 178 Å². The summed E-state index contributed by atoms with van der Waals surface area (Å²) in [6, 6.07) is 18.8. The molecule has 0 unspecified atom stereocenters. The molecule has 0 saturated carbocycles. The smallest absolute Gasteiger partial charge is 0.262 e. The summed E-state index contributed by atoms with van der Waals surface area (Å²) in [6.45, 7) is 1.73. The van der Waals surface area contributed by atoms with Crippen molar-refractivity contribution in [2.45, 2.75) is 6.92 Å². The van der Waals surface area contributed by atoms with Gasteiger partial charge in [0.2, 0.25) is 0 Å². The second kappa shape index (κ2) is 9.45. The van der Waals surface area contributed by atoms with Gasteiger partial charge >= 0.3 is 0 Å². The van der Waals surface area contributed by atoms with Gasteiger partial charge in [0.05, 0.1) is 0 Å². The molecule has 2 amide bonds. The van der Waals surface area contributed by atoms with Gasteiger partial charge in [-0.3, -0.25) is 9.59 Å². The van der Waals surface area contributed by atoms with Crippen molar-refractivity contribution in [1.29, 1.82) is 0 Å². The summed E-state index contributed by atoms with van der Waals surface area (Å²) < 4.78 is 5.46. The topological polar surface area (TPSA) is 67.4 Å². The van der Waals surface area contributed by atoms with E-state index in [1.165, 1.54) is 0 Å². The summed E-state index contributed by atoms with van der Waals surface area (Å²) in [4.78, 5) is 24.4. The molecule has 0 aliphatic carbocycles. The number of para-hydroxylation sites is 1. The van der Waals surface area contributed by atoms with E-state index in [0.717, 1.165) is 11.3 Å². The highest BCUT2D eigenvalue weighted by Gasteiger charge is 2.09. The van der Waals surface area contributed by atoms with Crippen LogP contribution in [0.15, 0.2) is 66.7 Å². The zero-order valence-corrected chi connectivity index (χ0v) is 17.1. The van der Waals surface area contributed by atoms with Gasteiger partial charge in [0.1, 0.15) is 5.75 Å². The number of anilines is 2. The Kier molecular flexibility index (Phi) is 6.75. The monoisotopic (exact) mass is 428 g/mol. The number of carbonyl (C=O) groups excluding carboxylic acids is 2. The maximum atomic E-state index is 12.4. The molecule has 29 heavy (non-hydrogen) atoms. The van der Waals surface area contributed by atoms with Gasteiger partial charge in [-0.1, -0.05) is 41.4 Å². The Balaban J connectivity index is 1.54. The van der Waals surface area contributed by atoms with Gasteiger partial charge in [0.15, 0.2) is 6.61 Å². The molecule has 0 bridgehead atoms. The number of rotatable bonds is 6. The van der Waals surface area contributed by atoms with Crippen LogP contribution in [-0.2, 0) is 4.79 Å². The number of hydrogen-bond donors (Lipinski definition) is 2. The van der Waals surface area contributed by atoms with E-state index in [1.54, 1.807) is 42.5 Å². The second-order valence-electron chi connectivity index (χ2n) is 6.29. The molecule has 0 aromatic heterocycles. The highest BCUT2D eigenvalue weighted by atomic mass is 35.5.